The van der Waals surface area contributed by atoms with Crippen LogP contribution in [0.25, 0.3) is 0 Å². The predicted molar refractivity (Wildman–Crippen MR) is 107 cm³/mol. The molecule has 1 aromatic heterocycles. The van der Waals surface area contributed by atoms with Gasteiger partial charge < -0.3 is 20.3 Å². The lowest BCUT2D eigenvalue weighted by atomic mass is 10.1. The molecule has 0 spiro atoms. The van der Waals surface area contributed by atoms with Gasteiger partial charge in [-0.15, -0.1) is 0 Å². The molecule has 1 aliphatic rings. The fourth-order valence-corrected chi connectivity index (χ4v) is 3.07. The number of likely N-dealkylation sites (tertiary alicyclic amines) is 1. The van der Waals surface area contributed by atoms with Crippen LogP contribution in [0, 0.1) is 0 Å². The lowest BCUT2D eigenvalue weighted by Crippen LogP contribution is -2.42. The number of hydrogen-bond acceptors (Lipinski definition) is 7. The van der Waals surface area contributed by atoms with Crippen LogP contribution >= 0.6 is 0 Å². The van der Waals surface area contributed by atoms with Gasteiger partial charge in [0, 0.05) is 36.4 Å². The van der Waals surface area contributed by atoms with Crippen molar-refractivity contribution in [3.63, 3.8) is 0 Å². The summed E-state index contributed by atoms with van der Waals surface area (Å²) in [6.45, 7) is 5.07. The van der Waals surface area contributed by atoms with E-state index in [4.69, 9.17) is 4.74 Å². The Balaban J connectivity index is 1.55. The number of nitrogens with one attached hydrogen (secondary N) is 2. The van der Waals surface area contributed by atoms with Crippen LogP contribution in [0.3, 0.4) is 0 Å². The molecule has 8 nitrogen and oxygen atoms in total. The summed E-state index contributed by atoms with van der Waals surface area (Å²) >= 11 is 0. The molecule has 28 heavy (non-hydrogen) atoms. The van der Waals surface area contributed by atoms with Crippen LogP contribution < -0.4 is 10.6 Å². The van der Waals surface area contributed by atoms with Gasteiger partial charge in [-0.1, -0.05) is 0 Å². The average Bonchev–Trinajstić information content (AvgIpc) is 2.69. The van der Waals surface area contributed by atoms with E-state index in [2.05, 4.69) is 20.6 Å². The molecule has 0 radical (unpaired) electrons. The number of ketones is 1. The number of Topliss-reactive ketones (excluding diaryl/α,β-unsaturated/α-hetero) is 1. The van der Waals surface area contributed by atoms with E-state index < -0.39 is 0 Å². The van der Waals surface area contributed by atoms with Crippen molar-refractivity contribution < 1.29 is 14.3 Å². The Kier molecular flexibility index (Phi) is 6.41. The number of benzene rings is 1. The summed E-state index contributed by atoms with van der Waals surface area (Å²) in [5.74, 6) is 1.43. The Morgan fingerprint density at radius 3 is 2.46 bits per heavy atom. The molecule has 2 heterocycles. The van der Waals surface area contributed by atoms with Gasteiger partial charge in [-0.2, -0.15) is 0 Å². The number of ether oxygens (including phenoxy) is 1. The number of carbonyl (C=O) groups is 2. The second kappa shape index (κ2) is 9.16. The maximum atomic E-state index is 11.8. The first-order valence-electron chi connectivity index (χ1n) is 9.43. The molecule has 2 aromatic rings. The highest BCUT2D eigenvalue weighted by Gasteiger charge is 2.23. The predicted octanol–water partition coefficient (Wildman–Crippen LogP) is 3.46. The Morgan fingerprint density at radius 1 is 1.14 bits per heavy atom. The molecule has 1 fully saturated rings. The van der Waals surface area contributed by atoms with Crippen molar-refractivity contribution in [1.82, 2.24) is 14.9 Å². The molecule has 8 heteroatoms. The van der Waals surface area contributed by atoms with E-state index in [1.54, 1.807) is 24.0 Å². The van der Waals surface area contributed by atoms with Crippen molar-refractivity contribution in [3.05, 3.63) is 42.2 Å². The molecule has 1 saturated heterocycles. The Hall–Kier alpha value is -3.16. The smallest absolute Gasteiger partial charge is 0.409 e. The van der Waals surface area contributed by atoms with Crippen molar-refractivity contribution in [3.8, 4) is 0 Å². The topological polar surface area (TPSA) is 96.5 Å². The molecule has 1 aromatic carbocycles. The van der Waals surface area contributed by atoms with Crippen LogP contribution in [0.1, 0.15) is 37.0 Å². The zero-order chi connectivity index (χ0) is 19.9. The molecule has 2 N–H and O–H groups in total. The van der Waals surface area contributed by atoms with E-state index >= 15 is 0 Å². The fraction of sp³-hybridized carbons (Fsp3) is 0.400. The second-order valence-electron chi connectivity index (χ2n) is 6.65. The third-order valence-corrected chi connectivity index (χ3v) is 4.60. The molecular formula is C20H25N5O3. The Morgan fingerprint density at radius 2 is 1.82 bits per heavy atom. The SMILES string of the molecule is CCOC(=O)N1CCC(Nc2cc(Nc3ccc(C(C)=O)cc3)ncn2)CC1. The molecule has 3 rings (SSSR count). The number of hydrogen-bond donors (Lipinski definition) is 2. The van der Waals surface area contributed by atoms with Gasteiger partial charge in [0.15, 0.2) is 5.78 Å². The average molecular weight is 383 g/mol. The van der Waals surface area contributed by atoms with Crippen molar-refractivity contribution in [2.24, 2.45) is 0 Å². The molecule has 1 amide bonds. The van der Waals surface area contributed by atoms with E-state index in [-0.39, 0.29) is 17.9 Å². The number of anilines is 3. The molecule has 0 saturated carbocycles. The zero-order valence-corrected chi connectivity index (χ0v) is 16.1. The van der Waals surface area contributed by atoms with E-state index in [1.165, 1.54) is 6.33 Å². The summed E-state index contributed by atoms with van der Waals surface area (Å²) < 4.78 is 5.05. The quantitative estimate of drug-likeness (QED) is 0.738. The number of amides is 1. The summed E-state index contributed by atoms with van der Waals surface area (Å²) in [5.41, 5.74) is 1.52. The molecule has 0 unspecified atom stereocenters. The van der Waals surface area contributed by atoms with Gasteiger partial charge in [0.1, 0.15) is 18.0 Å². The molecule has 0 bridgehead atoms. The first kappa shape index (κ1) is 19.6. The standard InChI is InChI=1S/C20H25N5O3/c1-3-28-20(27)25-10-8-17(9-11-25)24-19-12-18(21-13-22-19)23-16-6-4-15(5-7-16)14(2)26/h4-7,12-13,17H,3,8-11H2,1-2H3,(H2,21,22,23,24). The zero-order valence-electron chi connectivity index (χ0n) is 16.1. The minimum absolute atomic E-state index is 0.0362. The monoisotopic (exact) mass is 383 g/mol. The normalized spacial score (nSPS) is 14.4. The van der Waals surface area contributed by atoms with Crippen LogP contribution in [0.15, 0.2) is 36.7 Å². The van der Waals surface area contributed by atoms with Gasteiger partial charge in [-0.25, -0.2) is 14.8 Å². The largest absolute Gasteiger partial charge is 0.450 e. The summed E-state index contributed by atoms with van der Waals surface area (Å²) in [6.07, 6.45) is 2.92. The number of aromatic nitrogens is 2. The summed E-state index contributed by atoms with van der Waals surface area (Å²) in [7, 11) is 0. The van der Waals surface area contributed by atoms with Gasteiger partial charge in [0.05, 0.1) is 6.61 Å². The summed E-state index contributed by atoms with van der Waals surface area (Å²) in [4.78, 5) is 33.4. The highest BCUT2D eigenvalue weighted by Crippen LogP contribution is 2.20. The highest BCUT2D eigenvalue weighted by atomic mass is 16.6. The molecule has 148 valence electrons. The van der Waals surface area contributed by atoms with Crippen molar-refractivity contribution in [2.45, 2.75) is 32.7 Å². The van der Waals surface area contributed by atoms with Gasteiger partial charge in [0.2, 0.25) is 0 Å². The second-order valence-corrected chi connectivity index (χ2v) is 6.65. The molecular weight excluding hydrogens is 358 g/mol. The highest BCUT2D eigenvalue weighted by molar-refractivity contribution is 5.94. The van der Waals surface area contributed by atoms with Crippen LogP contribution in [0.4, 0.5) is 22.1 Å². The van der Waals surface area contributed by atoms with Gasteiger partial charge >= 0.3 is 6.09 Å². The number of rotatable bonds is 6. The fourth-order valence-electron chi connectivity index (χ4n) is 3.07. The Labute approximate surface area is 164 Å². The maximum Gasteiger partial charge on any atom is 0.409 e. The van der Waals surface area contributed by atoms with E-state index in [0.29, 0.717) is 31.1 Å². The van der Waals surface area contributed by atoms with Gasteiger partial charge in [-0.05, 0) is 51.0 Å². The molecule has 1 aliphatic heterocycles. The Bertz CT molecular complexity index is 817. The third-order valence-electron chi connectivity index (χ3n) is 4.60. The van der Waals surface area contributed by atoms with Crippen molar-refractivity contribution in [2.75, 3.05) is 30.3 Å². The van der Waals surface area contributed by atoms with Crippen LogP contribution in [-0.2, 0) is 4.74 Å². The number of carbonyl (C=O) groups excluding carboxylic acids is 2. The summed E-state index contributed by atoms with van der Waals surface area (Å²) in [6, 6.07) is 9.33. The minimum Gasteiger partial charge on any atom is -0.450 e. The van der Waals surface area contributed by atoms with E-state index in [9.17, 15) is 9.59 Å². The minimum atomic E-state index is -0.245. The first-order valence-corrected chi connectivity index (χ1v) is 9.43. The number of nitrogens with zero attached hydrogens (tertiary/aromatic N) is 3. The summed E-state index contributed by atoms with van der Waals surface area (Å²) in [5, 5.41) is 6.62. The number of piperidine rings is 1. The van der Waals surface area contributed by atoms with E-state index in [0.717, 1.165) is 24.3 Å². The maximum absolute atomic E-state index is 11.8. The van der Waals surface area contributed by atoms with Crippen LogP contribution in [-0.4, -0.2) is 52.5 Å². The van der Waals surface area contributed by atoms with Crippen LogP contribution in [0.2, 0.25) is 0 Å². The van der Waals surface area contributed by atoms with Gasteiger partial charge in [0.25, 0.3) is 0 Å². The lowest BCUT2D eigenvalue weighted by Gasteiger charge is -2.31. The lowest BCUT2D eigenvalue weighted by molar-refractivity contribution is 0.0981. The molecule has 0 atom stereocenters. The third kappa shape index (κ3) is 5.18. The van der Waals surface area contributed by atoms with E-state index in [1.807, 2.05) is 25.1 Å². The van der Waals surface area contributed by atoms with Crippen molar-refractivity contribution in [1.29, 1.82) is 0 Å². The van der Waals surface area contributed by atoms with Crippen molar-refractivity contribution >= 4 is 29.2 Å². The van der Waals surface area contributed by atoms with Gasteiger partial charge in [-0.3, -0.25) is 4.79 Å². The first-order chi connectivity index (χ1) is 13.5. The molecule has 0 aliphatic carbocycles. The van der Waals surface area contributed by atoms with Crippen LogP contribution in [0.5, 0.6) is 0 Å².